The monoisotopic (exact) mass is 367 g/mol. The van der Waals surface area contributed by atoms with E-state index in [0.717, 1.165) is 18.5 Å². The molecule has 3 N–H and O–H groups in total. The first-order valence-corrected chi connectivity index (χ1v) is 9.31. The third-order valence-electron chi connectivity index (χ3n) is 5.09. The zero-order valence-corrected chi connectivity index (χ0v) is 16.7. The van der Waals surface area contributed by atoms with E-state index in [1.807, 2.05) is 6.92 Å². The fraction of sp³-hybridized carbons (Fsp3) is 0.650. The molecule has 1 aromatic rings. The van der Waals surface area contributed by atoms with Crippen molar-refractivity contribution in [1.29, 1.82) is 0 Å². The molecule has 1 aliphatic heterocycles. The Labute approximate surface area is 158 Å². The van der Waals surface area contributed by atoms with E-state index in [0.29, 0.717) is 19.0 Å². The number of hydrogen-bond acceptors (Lipinski definition) is 3. The highest BCUT2D eigenvalue weighted by molar-refractivity contribution is 5.85. The summed E-state index contributed by atoms with van der Waals surface area (Å²) in [7, 11) is 0. The minimum Gasteiger partial charge on any atom is -0.350 e. The van der Waals surface area contributed by atoms with Crippen molar-refractivity contribution >= 4 is 18.3 Å². The van der Waals surface area contributed by atoms with Gasteiger partial charge in [0.2, 0.25) is 5.91 Å². The van der Waals surface area contributed by atoms with Gasteiger partial charge in [0.1, 0.15) is 0 Å². The Balaban J connectivity index is 0.00000312. The molecule has 1 aliphatic rings. The summed E-state index contributed by atoms with van der Waals surface area (Å²) in [5, 5.41) is 2.96. The third kappa shape index (κ3) is 6.61. The second-order valence-corrected chi connectivity index (χ2v) is 7.48. The van der Waals surface area contributed by atoms with Crippen molar-refractivity contribution in [3.8, 4) is 0 Å². The summed E-state index contributed by atoms with van der Waals surface area (Å²) in [5.74, 6) is -0.0735. The van der Waals surface area contributed by atoms with Crippen LogP contribution >= 0.6 is 12.4 Å². The molecule has 1 fully saturated rings. The Morgan fingerprint density at radius 1 is 1.28 bits per heavy atom. The fourth-order valence-electron chi connectivity index (χ4n) is 3.41. The number of likely N-dealkylation sites (tertiary alicyclic amines) is 1. The minimum atomic E-state index is -0.779. The number of piperidine rings is 1. The van der Waals surface area contributed by atoms with Gasteiger partial charge in [0.25, 0.3) is 0 Å². The summed E-state index contributed by atoms with van der Waals surface area (Å²) in [4.78, 5) is 14.7. The molecule has 0 spiro atoms. The molecule has 5 heteroatoms. The highest BCUT2D eigenvalue weighted by Gasteiger charge is 2.26. The number of nitrogens with two attached hydrogens (primary N) is 1. The van der Waals surface area contributed by atoms with Crippen molar-refractivity contribution in [1.82, 2.24) is 10.2 Å². The molecule has 1 aromatic carbocycles. The summed E-state index contributed by atoms with van der Waals surface area (Å²) in [5.41, 5.74) is 7.74. The maximum Gasteiger partial charge on any atom is 0.240 e. The van der Waals surface area contributed by atoms with Crippen LogP contribution in [-0.2, 0) is 17.9 Å². The first-order valence-electron chi connectivity index (χ1n) is 9.31. The standard InChI is InChI=1S/C20H33N3O.ClH/c1-4-12-20(3,21)19(24)22-14-17-8-10-18(11-9-17)15-23-13-6-5-7-16(23)2;/h8-11,16H,4-7,12-15,21H2,1-3H3,(H,22,24);1H. The quantitative estimate of drug-likeness (QED) is 0.773. The molecule has 2 rings (SSSR count). The summed E-state index contributed by atoms with van der Waals surface area (Å²) in [6.45, 7) is 8.92. The molecule has 2 unspecified atom stereocenters. The van der Waals surface area contributed by atoms with Gasteiger partial charge in [0, 0.05) is 19.1 Å². The highest BCUT2D eigenvalue weighted by Crippen LogP contribution is 2.19. The Kier molecular flexibility index (Phi) is 8.91. The number of carbonyl (C=O) groups excluding carboxylic acids is 1. The largest absolute Gasteiger partial charge is 0.350 e. The molecule has 0 bridgehead atoms. The van der Waals surface area contributed by atoms with Crippen LogP contribution in [0.1, 0.15) is 64.0 Å². The Bertz CT molecular complexity index is 530. The Morgan fingerprint density at radius 2 is 1.92 bits per heavy atom. The minimum absolute atomic E-state index is 0. The molecule has 1 saturated heterocycles. The van der Waals surface area contributed by atoms with Gasteiger partial charge in [0.15, 0.2) is 0 Å². The fourth-order valence-corrected chi connectivity index (χ4v) is 3.41. The van der Waals surface area contributed by atoms with E-state index in [2.05, 4.69) is 41.4 Å². The van der Waals surface area contributed by atoms with Crippen LogP contribution in [0.3, 0.4) is 0 Å². The number of nitrogens with zero attached hydrogens (tertiary/aromatic N) is 1. The van der Waals surface area contributed by atoms with Gasteiger partial charge in [-0.3, -0.25) is 9.69 Å². The lowest BCUT2D eigenvalue weighted by molar-refractivity contribution is -0.126. The van der Waals surface area contributed by atoms with E-state index < -0.39 is 5.54 Å². The predicted molar refractivity (Wildman–Crippen MR) is 107 cm³/mol. The van der Waals surface area contributed by atoms with Crippen molar-refractivity contribution in [3.05, 3.63) is 35.4 Å². The molecule has 25 heavy (non-hydrogen) atoms. The predicted octanol–water partition coefficient (Wildman–Crippen LogP) is 3.62. The highest BCUT2D eigenvalue weighted by atomic mass is 35.5. The number of rotatable bonds is 7. The van der Waals surface area contributed by atoms with Crippen LogP contribution in [-0.4, -0.2) is 28.9 Å². The van der Waals surface area contributed by atoms with E-state index in [1.54, 1.807) is 6.92 Å². The molecular formula is C20H34ClN3O. The smallest absolute Gasteiger partial charge is 0.240 e. The number of nitrogens with one attached hydrogen (secondary N) is 1. The Hall–Kier alpha value is -1.10. The van der Waals surface area contributed by atoms with Gasteiger partial charge >= 0.3 is 0 Å². The van der Waals surface area contributed by atoms with Crippen molar-refractivity contribution in [2.45, 2.75) is 77.5 Å². The SMILES string of the molecule is CCCC(C)(N)C(=O)NCc1ccc(CN2CCCCC2C)cc1.Cl. The van der Waals surface area contributed by atoms with Gasteiger partial charge < -0.3 is 11.1 Å². The van der Waals surface area contributed by atoms with Crippen LogP contribution in [0.2, 0.25) is 0 Å². The molecule has 4 nitrogen and oxygen atoms in total. The average Bonchev–Trinajstić information content (AvgIpc) is 2.56. The number of halogens is 1. The van der Waals surface area contributed by atoms with Crippen molar-refractivity contribution in [2.75, 3.05) is 6.54 Å². The lowest BCUT2D eigenvalue weighted by Crippen LogP contribution is -2.51. The van der Waals surface area contributed by atoms with Crippen LogP contribution in [0, 0.1) is 0 Å². The molecule has 0 aromatic heterocycles. The zero-order chi connectivity index (χ0) is 17.6. The first kappa shape index (κ1) is 21.9. The van der Waals surface area contributed by atoms with Crippen LogP contribution in [0.4, 0.5) is 0 Å². The van der Waals surface area contributed by atoms with E-state index in [1.165, 1.54) is 31.4 Å². The third-order valence-corrected chi connectivity index (χ3v) is 5.09. The van der Waals surface area contributed by atoms with Gasteiger partial charge in [0.05, 0.1) is 5.54 Å². The van der Waals surface area contributed by atoms with Crippen LogP contribution < -0.4 is 11.1 Å². The van der Waals surface area contributed by atoms with Gasteiger partial charge in [-0.15, -0.1) is 12.4 Å². The van der Waals surface area contributed by atoms with Gasteiger partial charge in [-0.05, 0) is 50.8 Å². The maximum absolute atomic E-state index is 12.2. The molecule has 2 atom stereocenters. The number of benzene rings is 1. The van der Waals surface area contributed by atoms with E-state index in [9.17, 15) is 4.79 Å². The molecule has 0 radical (unpaired) electrons. The van der Waals surface area contributed by atoms with Crippen molar-refractivity contribution < 1.29 is 4.79 Å². The molecule has 142 valence electrons. The second-order valence-electron chi connectivity index (χ2n) is 7.48. The van der Waals surface area contributed by atoms with Crippen LogP contribution in [0.25, 0.3) is 0 Å². The van der Waals surface area contributed by atoms with Crippen molar-refractivity contribution in [3.63, 3.8) is 0 Å². The normalized spacial score (nSPS) is 20.4. The van der Waals surface area contributed by atoms with E-state index >= 15 is 0 Å². The molecule has 0 aliphatic carbocycles. The molecule has 1 amide bonds. The average molecular weight is 368 g/mol. The summed E-state index contributed by atoms with van der Waals surface area (Å²) >= 11 is 0. The van der Waals surface area contributed by atoms with Crippen LogP contribution in [0.5, 0.6) is 0 Å². The van der Waals surface area contributed by atoms with Gasteiger partial charge in [-0.2, -0.15) is 0 Å². The Morgan fingerprint density at radius 3 is 2.52 bits per heavy atom. The van der Waals surface area contributed by atoms with E-state index in [-0.39, 0.29) is 18.3 Å². The lowest BCUT2D eigenvalue weighted by atomic mass is 9.96. The maximum atomic E-state index is 12.2. The topological polar surface area (TPSA) is 58.4 Å². The molecule has 1 heterocycles. The lowest BCUT2D eigenvalue weighted by Gasteiger charge is -2.33. The van der Waals surface area contributed by atoms with E-state index in [4.69, 9.17) is 5.73 Å². The summed E-state index contributed by atoms with van der Waals surface area (Å²) < 4.78 is 0. The first-order chi connectivity index (χ1) is 11.4. The molecular weight excluding hydrogens is 334 g/mol. The van der Waals surface area contributed by atoms with Crippen LogP contribution in [0.15, 0.2) is 24.3 Å². The number of amides is 1. The molecule has 0 saturated carbocycles. The number of carbonyl (C=O) groups is 1. The summed E-state index contributed by atoms with van der Waals surface area (Å²) in [6.07, 6.45) is 5.58. The van der Waals surface area contributed by atoms with Gasteiger partial charge in [-0.25, -0.2) is 0 Å². The van der Waals surface area contributed by atoms with Crippen molar-refractivity contribution in [2.24, 2.45) is 5.73 Å². The second kappa shape index (κ2) is 10.1. The van der Waals surface area contributed by atoms with Gasteiger partial charge in [-0.1, -0.05) is 44.0 Å². The number of hydrogen-bond donors (Lipinski definition) is 2. The zero-order valence-electron chi connectivity index (χ0n) is 15.9. The summed E-state index contributed by atoms with van der Waals surface area (Å²) in [6, 6.07) is 9.25.